The number of aryl methyl sites for hydroxylation is 1. The Kier molecular flexibility index (Phi) is 4.64. The van der Waals surface area contributed by atoms with Crippen LogP contribution in [0.15, 0.2) is 29.2 Å². The van der Waals surface area contributed by atoms with Crippen molar-refractivity contribution in [3.05, 3.63) is 29.8 Å². The van der Waals surface area contributed by atoms with Crippen LogP contribution in [0.25, 0.3) is 0 Å². The minimum absolute atomic E-state index is 0.304. The van der Waals surface area contributed by atoms with Gasteiger partial charge in [-0.1, -0.05) is 17.7 Å². The molecule has 3 heteroatoms. The van der Waals surface area contributed by atoms with Crippen LogP contribution in [0.2, 0.25) is 0 Å². The predicted octanol–water partition coefficient (Wildman–Crippen LogP) is 2.69. The Morgan fingerprint density at radius 1 is 1.38 bits per heavy atom. The first-order valence-electron chi connectivity index (χ1n) is 4.16. The number of aliphatic hydroxyl groups is 1. The summed E-state index contributed by atoms with van der Waals surface area (Å²) in [7, 11) is 0. The van der Waals surface area contributed by atoms with E-state index < -0.39 is 6.10 Å². The van der Waals surface area contributed by atoms with Gasteiger partial charge in [-0.05, 0) is 19.1 Å². The van der Waals surface area contributed by atoms with Gasteiger partial charge in [-0.25, -0.2) is 0 Å². The van der Waals surface area contributed by atoms with Crippen LogP contribution in [0, 0.1) is 6.92 Å². The molecule has 1 rings (SSSR count). The molecule has 0 bridgehead atoms. The van der Waals surface area contributed by atoms with Crippen molar-refractivity contribution >= 4 is 23.4 Å². The van der Waals surface area contributed by atoms with Gasteiger partial charge in [0.25, 0.3) is 0 Å². The SMILES string of the molecule is Cc1ccc(SC[C@H](O)CCl)cc1. The highest BCUT2D eigenvalue weighted by Gasteiger charge is 2.02. The molecule has 1 aromatic rings. The summed E-state index contributed by atoms with van der Waals surface area (Å²) in [6.45, 7) is 2.06. The zero-order chi connectivity index (χ0) is 9.68. The lowest BCUT2D eigenvalue weighted by molar-refractivity contribution is 0.223. The van der Waals surface area contributed by atoms with Gasteiger partial charge in [0.05, 0.1) is 6.10 Å². The van der Waals surface area contributed by atoms with Gasteiger partial charge in [-0.3, -0.25) is 0 Å². The molecule has 1 nitrogen and oxygen atoms in total. The molecule has 0 spiro atoms. The summed E-state index contributed by atoms with van der Waals surface area (Å²) in [4.78, 5) is 1.18. The molecule has 0 aliphatic heterocycles. The Balaban J connectivity index is 2.41. The zero-order valence-corrected chi connectivity index (χ0v) is 9.11. The second-order valence-corrected chi connectivity index (χ2v) is 4.33. The lowest BCUT2D eigenvalue weighted by atomic mass is 10.2. The second-order valence-electron chi connectivity index (χ2n) is 2.93. The molecule has 13 heavy (non-hydrogen) atoms. The van der Waals surface area contributed by atoms with Crippen molar-refractivity contribution in [2.24, 2.45) is 0 Å². The third kappa shape index (κ3) is 4.03. The van der Waals surface area contributed by atoms with E-state index in [9.17, 15) is 5.11 Å². The summed E-state index contributed by atoms with van der Waals surface area (Å²) in [5, 5.41) is 9.22. The molecule has 0 aliphatic rings. The first-order valence-corrected chi connectivity index (χ1v) is 5.68. The van der Waals surface area contributed by atoms with Crippen molar-refractivity contribution in [2.45, 2.75) is 17.9 Å². The van der Waals surface area contributed by atoms with E-state index in [1.165, 1.54) is 10.5 Å². The molecule has 0 saturated carbocycles. The molecule has 0 amide bonds. The standard InChI is InChI=1S/C10H13ClOS/c1-8-2-4-10(5-3-8)13-7-9(12)6-11/h2-5,9,12H,6-7H2,1H3/t9-/m1/s1. The second kappa shape index (κ2) is 5.53. The molecule has 1 N–H and O–H groups in total. The molecule has 0 unspecified atom stereocenters. The van der Waals surface area contributed by atoms with Gasteiger partial charge in [0.15, 0.2) is 0 Å². The third-order valence-corrected chi connectivity index (χ3v) is 3.15. The summed E-state index contributed by atoms with van der Waals surface area (Å²) in [6, 6.07) is 8.24. The van der Waals surface area contributed by atoms with E-state index in [1.54, 1.807) is 11.8 Å². The predicted molar refractivity (Wildman–Crippen MR) is 58.6 cm³/mol. The van der Waals surface area contributed by atoms with E-state index in [0.29, 0.717) is 11.6 Å². The highest BCUT2D eigenvalue weighted by molar-refractivity contribution is 7.99. The monoisotopic (exact) mass is 216 g/mol. The van der Waals surface area contributed by atoms with Crippen molar-refractivity contribution < 1.29 is 5.11 Å². The van der Waals surface area contributed by atoms with E-state index in [1.807, 2.05) is 0 Å². The first kappa shape index (κ1) is 10.9. The number of hydrogen-bond acceptors (Lipinski definition) is 2. The molecule has 0 fully saturated rings. The van der Waals surface area contributed by atoms with Crippen molar-refractivity contribution in [3.8, 4) is 0 Å². The Labute approximate surface area is 88.1 Å². The number of rotatable bonds is 4. The Bertz CT molecular complexity index is 248. The molecule has 72 valence electrons. The lowest BCUT2D eigenvalue weighted by Gasteiger charge is -2.05. The maximum Gasteiger partial charge on any atom is 0.0769 e. The summed E-state index contributed by atoms with van der Waals surface area (Å²) < 4.78 is 0. The number of thioether (sulfide) groups is 1. The Morgan fingerprint density at radius 2 is 2.00 bits per heavy atom. The van der Waals surface area contributed by atoms with Gasteiger partial charge in [0, 0.05) is 16.5 Å². The Morgan fingerprint density at radius 3 is 2.54 bits per heavy atom. The molecular weight excluding hydrogens is 204 g/mol. The van der Waals surface area contributed by atoms with Crippen molar-refractivity contribution in [1.82, 2.24) is 0 Å². The number of benzene rings is 1. The fourth-order valence-electron chi connectivity index (χ4n) is 0.871. The van der Waals surface area contributed by atoms with Crippen molar-refractivity contribution in [3.63, 3.8) is 0 Å². The first-order chi connectivity index (χ1) is 6.22. The van der Waals surface area contributed by atoms with E-state index in [4.69, 9.17) is 11.6 Å². The van der Waals surface area contributed by atoms with E-state index in [-0.39, 0.29) is 0 Å². The smallest absolute Gasteiger partial charge is 0.0769 e. The minimum Gasteiger partial charge on any atom is -0.391 e. The van der Waals surface area contributed by atoms with E-state index >= 15 is 0 Å². The summed E-state index contributed by atoms with van der Waals surface area (Å²) in [6.07, 6.45) is -0.409. The van der Waals surface area contributed by atoms with Gasteiger partial charge < -0.3 is 5.11 Å². The maximum atomic E-state index is 9.22. The molecule has 0 saturated heterocycles. The number of aliphatic hydroxyl groups excluding tert-OH is 1. The normalized spacial score (nSPS) is 12.8. The van der Waals surface area contributed by atoms with Crippen LogP contribution >= 0.6 is 23.4 Å². The van der Waals surface area contributed by atoms with Crippen molar-refractivity contribution in [1.29, 1.82) is 0 Å². The topological polar surface area (TPSA) is 20.2 Å². The molecule has 1 aromatic carbocycles. The van der Waals surface area contributed by atoms with Gasteiger partial charge >= 0.3 is 0 Å². The fourth-order valence-corrected chi connectivity index (χ4v) is 1.94. The van der Waals surface area contributed by atoms with Crippen LogP contribution in [-0.2, 0) is 0 Å². The number of hydrogen-bond donors (Lipinski definition) is 1. The molecular formula is C10H13ClOS. The third-order valence-electron chi connectivity index (χ3n) is 1.64. The van der Waals surface area contributed by atoms with Crippen LogP contribution in [0.5, 0.6) is 0 Å². The van der Waals surface area contributed by atoms with Crippen molar-refractivity contribution in [2.75, 3.05) is 11.6 Å². The van der Waals surface area contributed by atoms with E-state index in [2.05, 4.69) is 31.2 Å². The molecule has 0 aromatic heterocycles. The van der Waals surface area contributed by atoms with Crippen LogP contribution in [-0.4, -0.2) is 22.8 Å². The Hall–Kier alpha value is -0.180. The average Bonchev–Trinajstić information content (AvgIpc) is 2.16. The van der Waals surface area contributed by atoms with Gasteiger partial charge in [-0.15, -0.1) is 23.4 Å². The maximum absolute atomic E-state index is 9.22. The highest BCUT2D eigenvalue weighted by atomic mass is 35.5. The van der Waals surface area contributed by atoms with Gasteiger partial charge in [-0.2, -0.15) is 0 Å². The zero-order valence-electron chi connectivity index (χ0n) is 7.53. The van der Waals surface area contributed by atoms with Gasteiger partial charge in [0.2, 0.25) is 0 Å². The number of alkyl halides is 1. The van der Waals surface area contributed by atoms with Crippen LogP contribution in [0.3, 0.4) is 0 Å². The summed E-state index contributed by atoms with van der Waals surface area (Å²) in [5.74, 6) is 0.964. The lowest BCUT2D eigenvalue weighted by Crippen LogP contribution is -2.10. The van der Waals surface area contributed by atoms with Crippen LogP contribution in [0.1, 0.15) is 5.56 Å². The average molecular weight is 217 g/mol. The van der Waals surface area contributed by atoms with E-state index in [0.717, 1.165) is 0 Å². The summed E-state index contributed by atoms with van der Waals surface area (Å²) >= 11 is 7.11. The molecule has 1 atom stereocenters. The molecule has 0 heterocycles. The summed E-state index contributed by atoms with van der Waals surface area (Å²) in [5.41, 5.74) is 1.25. The van der Waals surface area contributed by atoms with Crippen LogP contribution in [0.4, 0.5) is 0 Å². The largest absolute Gasteiger partial charge is 0.391 e. The quantitative estimate of drug-likeness (QED) is 0.617. The fraction of sp³-hybridized carbons (Fsp3) is 0.400. The molecule has 0 radical (unpaired) electrons. The molecule has 0 aliphatic carbocycles. The van der Waals surface area contributed by atoms with Gasteiger partial charge in [0.1, 0.15) is 0 Å². The number of halogens is 1. The highest BCUT2D eigenvalue weighted by Crippen LogP contribution is 2.19. The minimum atomic E-state index is -0.409. The van der Waals surface area contributed by atoms with Crippen LogP contribution < -0.4 is 0 Å².